The van der Waals surface area contributed by atoms with Gasteiger partial charge in [-0.15, -0.1) is 0 Å². The van der Waals surface area contributed by atoms with E-state index < -0.39 is 144 Å². The van der Waals surface area contributed by atoms with E-state index in [1.165, 1.54) is 53.7 Å². The molecule has 0 aromatic heterocycles. The van der Waals surface area contributed by atoms with E-state index in [1.807, 2.05) is 46.4 Å². The second-order valence-corrected chi connectivity index (χ2v) is 26.1. The van der Waals surface area contributed by atoms with Crippen LogP contribution in [0.25, 0.3) is 0 Å². The lowest BCUT2D eigenvalue weighted by atomic mass is 9.82. The largest absolute Gasteiger partial charge is 0.390 e. The third-order valence-corrected chi connectivity index (χ3v) is 17.9. The highest BCUT2D eigenvalue weighted by molar-refractivity contribution is 6.01. The van der Waals surface area contributed by atoms with Crippen molar-refractivity contribution < 1.29 is 57.8 Å². The van der Waals surface area contributed by atoms with E-state index in [1.54, 1.807) is 74.5 Å². The van der Waals surface area contributed by atoms with Gasteiger partial charge < -0.3 is 46.0 Å². The van der Waals surface area contributed by atoms with Crippen LogP contribution >= 0.6 is 0 Å². The molecule has 5 N–H and O–H groups in total. The first-order valence-corrected chi connectivity index (χ1v) is 31.5. The maximum absolute atomic E-state index is 15.0. The minimum absolute atomic E-state index is 0.0451. The number of likely N-dealkylation sites (tertiary alicyclic amines) is 1. The van der Waals surface area contributed by atoms with Gasteiger partial charge in [0, 0.05) is 84.1 Å². The molecule has 20 heteroatoms. The third kappa shape index (κ3) is 20.4. The Hall–Kier alpha value is -6.83. The summed E-state index contributed by atoms with van der Waals surface area (Å²) in [7, 11) is 4.23. The first kappa shape index (κ1) is 72.6. The van der Waals surface area contributed by atoms with Gasteiger partial charge in [-0.05, 0) is 94.6 Å². The zero-order valence-electron chi connectivity index (χ0n) is 54.5. The fourth-order valence-corrected chi connectivity index (χ4v) is 11.6. The number of amides is 8. The number of aliphatic hydroxyl groups excluding tert-OH is 1. The summed E-state index contributed by atoms with van der Waals surface area (Å²) < 4.78 is 0. The molecule has 0 spiro atoms. The predicted octanol–water partition coefficient (Wildman–Crippen LogP) is 5.64. The quantitative estimate of drug-likeness (QED) is 0.102. The summed E-state index contributed by atoms with van der Waals surface area (Å²) in [4.78, 5) is 166. The number of carbonyl (C=O) groups excluding carboxylic acids is 11. The van der Waals surface area contributed by atoms with E-state index in [0.29, 0.717) is 30.6 Å². The van der Waals surface area contributed by atoms with Crippen LogP contribution in [0, 0.1) is 41.4 Å². The molecule has 0 bridgehead atoms. The lowest BCUT2D eigenvalue weighted by Crippen LogP contribution is -2.66. The van der Waals surface area contributed by atoms with Gasteiger partial charge >= 0.3 is 0 Å². The van der Waals surface area contributed by atoms with Crippen molar-refractivity contribution >= 4 is 64.6 Å². The molecule has 2 saturated heterocycles. The van der Waals surface area contributed by atoms with Crippen LogP contribution in [0.3, 0.4) is 0 Å². The van der Waals surface area contributed by atoms with Gasteiger partial charge in [-0.3, -0.25) is 52.7 Å². The lowest BCUT2D eigenvalue weighted by Gasteiger charge is -2.39. The summed E-state index contributed by atoms with van der Waals surface area (Å²) in [5, 5.41) is 22.3. The molecule has 482 valence electrons. The zero-order valence-corrected chi connectivity index (χ0v) is 54.5. The summed E-state index contributed by atoms with van der Waals surface area (Å²) >= 11 is 0. The number of nitrogens with zero attached hydrogens (tertiary/aromatic N) is 4. The summed E-state index contributed by atoms with van der Waals surface area (Å²) in [5.41, 5.74) is -0.790. The monoisotopic (exact) mass is 1210 g/mol. The van der Waals surface area contributed by atoms with Gasteiger partial charge in [-0.1, -0.05) is 122 Å². The standard InChI is InChI=1S/C67H102N8O12/c1-16-43(8)51(64(85)75-30-24-19-25-31-75)38-58(79)54(33-41(4)5)73(14)63(84)50(42(6)7)37-57(78)52-39-59(80)68-44(9)56(77)36-49(32-40(2)3)61(82)71-67(12,46(11)76)66(87)74(15)55(35-48-28-22-18-23-29-48)62(83)70-53(34-47-26-20-17-21-27-47)65(86)72(13)45(10)60(81)69-52/h17-18,20-23,26-29,40-46,49-55,76H,16,19,24-25,30-39H2,1-15H3,(H,68,80)(H,69,81)(H,70,83)(H,71,82)/t43-,44-,45-,46+,49+,50-,51-,52-,53-,54-,55-,67-/m0/s1. The first-order valence-electron chi connectivity index (χ1n) is 31.5. The van der Waals surface area contributed by atoms with Crippen LogP contribution in [-0.4, -0.2) is 171 Å². The topological polar surface area (TPSA) is 269 Å². The Morgan fingerprint density at radius 3 is 1.80 bits per heavy atom. The number of rotatable bonds is 21. The Bertz CT molecular complexity index is 2700. The number of hydrogen-bond donors (Lipinski definition) is 5. The van der Waals surface area contributed by atoms with Crippen LogP contribution in [0.4, 0.5) is 0 Å². The number of piperidine rings is 1. The van der Waals surface area contributed by atoms with Gasteiger partial charge in [0.1, 0.15) is 23.7 Å². The zero-order chi connectivity index (χ0) is 65.2. The maximum Gasteiger partial charge on any atom is 0.251 e. The van der Waals surface area contributed by atoms with Crippen LogP contribution < -0.4 is 21.3 Å². The molecule has 0 unspecified atom stereocenters. The summed E-state index contributed by atoms with van der Waals surface area (Å²) in [6.45, 7) is 21.7. The molecule has 2 aromatic rings. The van der Waals surface area contributed by atoms with Gasteiger partial charge in [-0.25, -0.2) is 0 Å². The van der Waals surface area contributed by atoms with Crippen molar-refractivity contribution in [3.05, 3.63) is 71.8 Å². The van der Waals surface area contributed by atoms with Gasteiger partial charge in [0.15, 0.2) is 17.3 Å². The lowest BCUT2D eigenvalue weighted by molar-refractivity contribution is -0.151. The minimum atomic E-state index is -2.06. The van der Waals surface area contributed by atoms with Crippen molar-refractivity contribution in [3.63, 3.8) is 0 Å². The second-order valence-electron chi connectivity index (χ2n) is 26.1. The average Bonchev–Trinajstić information content (AvgIpc) is 1.58. The SMILES string of the molecule is CC[C@H](C)[C@H](CC(=O)[C@H](CC(C)C)N(C)C(=O)[C@@H](CC(=O)[C@@H]1CC(=O)N[C@@H](C)C(=O)C[C@@H](CC(C)C)C(=O)N[C@@](C)([C@@H](C)O)C(=O)N(C)[C@@H](Cc2ccccc2)C(=O)N[C@@H](Cc2ccccc2)C(=O)N(C)[C@@H](C)C(=O)N1)C(C)C)C(=O)N1CCCCC1. The smallest absolute Gasteiger partial charge is 0.251 e. The van der Waals surface area contributed by atoms with E-state index in [2.05, 4.69) is 21.3 Å². The fourth-order valence-electron chi connectivity index (χ4n) is 11.6. The molecule has 0 aliphatic carbocycles. The van der Waals surface area contributed by atoms with Crippen LogP contribution in [-0.2, 0) is 65.6 Å². The Balaban J connectivity index is 1.81. The highest BCUT2D eigenvalue weighted by Crippen LogP contribution is 2.30. The molecule has 2 aromatic carbocycles. The van der Waals surface area contributed by atoms with Gasteiger partial charge in [0.05, 0.1) is 30.7 Å². The predicted molar refractivity (Wildman–Crippen MR) is 333 cm³/mol. The highest BCUT2D eigenvalue weighted by Gasteiger charge is 2.47. The molecule has 0 saturated carbocycles. The molecule has 20 nitrogen and oxygen atoms in total. The third-order valence-electron chi connectivity index (χ3n) is 17.9. The molecule has 4 rings (SSSR count). The molecule has 2 fully saturated rings. The van der Waals surface area contributed by atoms with Gasteiger partial charge in [0.2, 0.25) is 41.4 Å². The first-order chi connectivity index (χ1) is 40.8. The highest BCUT2D eigenvalue weighted by atomic mass is 16.3. The molecular weight excluding hydrogens is 1110 g/mol. The van der Waals surface area contributed by atoms with E-state index in [0.717, 1.165) is 29.1 Å². The molecule has 2 aliphatic heterocycles. The van der Waals surface area contributed by atoms with E-state index in [4.69, 9.17) is 0 Å². The number of Topliss-reactive ketones (excluding diaryl/α,β-unsaturated/α-hetero) is 3. The number of ketones is 3. The summed E-state index contributed by atoms with van der Waals surface area (Å²) in [5.74, 6) is -10.5. The van der Waals surface area contributed by atoms with Gasteiger partial charge in [0.25, 0.3) is 5.91 Å². The van der Waals surface area contributed by atoms with Crippen molar-refractivity contribution in [2.24, 2.45) is 41.4 Å². The van der Waals surface area contributed by atoms with Gasteiger partial charge in [-0.2, -0.15) is 0 Å². The summed E-state index contributed by atoms with van der Waals surface area (Å²) in [6.07, 6.45) is 0.548. The van der Waals surface area contributed by atoms with Crippen molar-refractivity contribution in [2.45, 2.75) is 208 Å². The average molecular weight is 1210 g/mol. The van der Waals surface area contributed by atoms with Crippen molar-refractivity contribution in [3.8, 4) is 0 Å². The maximum atomic E-state index is 15.0. The number of aliphatic hydroxyl groups is 1. The number of likely N-dealkylation sites (N-methyl/N-ethyl adjacent to an activating group) is 3. The van der Waals surface area contributed by atoms with E-state index in [-0.39, 0.29) is 61.5 Å². The Morgan fingerprint density at radius 1 is 0.701 bits per heavy atom. The van der Waals surface area contributed by atoms with Crippen LogP contribution in [0.2, 0.25) is 0 Å². The summed E-state index contributed by atoms with van der Waals surface area (Å²) in [6, 6.07) is 9.75. The molecule has 0 radical (unpaired) electrons. The second kappa shape index (κ2) is 33.5. The molecule has 8 amide bonds. The minimum Gasteiger partial charge on any atom is -0.390 e. The Labute approximate surface area is 516 Å². The van der Waals surface area contributed by atoms with E-state index in [9.17, 15) is 57.8 Å². The van der Waals surface area contributed by atoms with Crippen LogP contribution in [0.15, 0.2) is 60.7 Å². The van der Waals surface area contributed by atoms with Crippen LogP contribution in [0.5, 0.6) is 0 Å². The normalized spacial score (nSPS) is 24.6. The molecule has 2 aliphatic rings. The molecule has 87 heavy (non-hydrogen) atoms. The van der Waals surface area contributed by atoms with Crippen molar-refractivity contribution in [1.29, 1.82) is 0 Å². The number of carbonyl (C=O) groups is 11. The molecule has 2 heterocycles. The Kier molecular flexibility index (Phi) is 28.0. The molecule has 12 atom stereocenters. The number of hydrogen-bond acceptors (Lipinski definition) is 12. The van der Waals surface area contributed by atoms with Crippen molar-refractivity contribution in [1.82, 2.24) is 40.9 Å². The Morgan fingerprint density at radius 2 is 1.28 bits per heavy atom. The number of benzene rings is 2. The molecular formula is C67H102N8O12. The van der Waals surface area contributed by atoms with Crippen LogP contribution in [0.1, 0.15) is 158 Å². The van der Waals surface area contributed by atoms with Crippen molar-refractivity contribution in [2.75, 3.05) is 34.2 Å². The fraction of sp³-hybridized carbons (Fsp3) is 0.657. The number of nitrogens with one attached hydrogen (secondary N) is 4. The van der Waals surface area contributed by atoms with E-state index >= 15 is 0 Å².